The predicted octanol–water partition coefficient (Wildman–Crippen LogP) is 1.73. The van der Waals surface area contributed by atoms with E-state index in [0.29, 0.717) is 18.0 Å². The lowest BCUT2D eigenvalue weighted by Crippen LogP contribution is -2.10. The van der Waals surface area contributed by atoms with Gasteiger partial charge in [0, 0.05) is 6.42 Å². The number of nitrogens with zero attached hydrogens (tertiary/aromatic N) is 3. The molecule has 2 N–H and O–H groups in total. The number of nitrogens with two attached hydrogens (primary N) is 1. The van der Waals surface area contributed by atoms with Crippen LogP contribution in [-0.4, -0.2) is 21.3 Å². The van der Waals surface area contributed by atoms with Gasteiger partial charge >= 0.3 is 0 Å². The van der Waals surface area contributed by atoms with Gasteiger partial charge in [0.15, 0.2) is 0 Å². The van der Waals surface area contributed by atoms with Crippen molar-refractivity contribution in [3.63, 3.8) is 0 Å². The first kappa shape index (κ1) is 11.1. The Morgan fingerprint density at radius 3 is 2.81 bits per heavy atom. The second-order valence-corrected chi connectivity index (χ2v) is 3.88. The van der Waals surface area contributed by atoms with Gasteiger partial charge in [0.25, 0.3) is 0 Å². The van der Waals surface area contributed by atoms with E-state index >= 15 is 0 Å². The van der Waals surface area contributed by atoms with Gasteiger partial charge in [-0.05, 0) is 25.6 Å². The van der Waals surface area contributed by atoms with Crippen LogP contribution in [0, 0.1) is 6.92 Å². The van der Waals surface area contributed by atoms with Crippen LogP contribution in [0.2, 0.25) is 5.02 Å². The molecule has 84 valence electrons. The summed E-state index contributed by atoms with van der Waals surface area (Å²) in [6, 6.07) is 7.55. The number of benzene rings is 1. The molecular weight excluding hydrogens is 224 g/mol. The predicted molar refractivity (Wildman–Crippen MR) is 63.9 cm³/mol. The van der Waals surface area contributed by atoms with Gasteiger partial charge in [-0.15, -0.1) is 0 Å². The number of aryl methyl sites for hydroxylation is 1. The zero-order valence-electron chi connectivity index (χ0n) is 9.02. The lowest BCUT2D eigenvalue weighted by atomic mass is 10.3. The Morgan fingerprint density at radius 2 is 2.12 bits per heavy atom. The highest BCUT2D eigenvalue weighted by molar-refractivity contribution is 6.32. The van der Waals surface area contributed by atoms with Gasteiger partial charge < -0.3 is 5.73 Å². The first-order chi connectivity index (χ1) is 7.72. The van der Waals surface area contributed by atoms with Crippen LogP contribution in [0.15, 0.2) is 24.3 Å². The van der Waals surface area contributed by atoms with Gasteiger partial charge in [-0.2, -0.15) is 5.10 Å². The molecule has 0 saturated heterocycles. The molecule has 0 atom stereocenters. The van der Waals surface area contributed by atoms with Gasteiger partial charge in [0.2, 0.25) is 0 Å². The Kier molecular flexibility index (Phi) is 3.22. The van der Waals surface area contributed by atoms with Crippen molar-refractivity contribution in [3.8, 4) is 5.69 Å². The standard InChI is InChI=1S/C11H13ClN4/c1-8-14-11(6-7-13)16(15-8)10-5-3-2-4-9(10)12/h2-5H,6-7,13H2,1H3. The summed E-state index contributed by atoms with van der Waals surface area (Å²) in [7, 11) is 0. The van der Waals surface area contributed by atoms with E-state index in [1.54, 1.807) is 4.68 Å². The Balaban J connectivity index is 2.51. The quantitative estimate of drug-likeness (QED) is 0.883. The fourth-order valence-corrected chi connectivity index (χ4v) is 1.78. The van der Waals surface area contributed by atoms with Crippen molar-refractivity contribution in [2.24, 2.45) is 5.73 Å². The van der Waals surface area contributed by atoms with Crippen LogP contribution in [0.3, 0.4) is 0 Å². The Hall–Kier alpha value is -1.39. The number of rotatable bonds is 3. The number of hydrogen-bond donors (Lipinski definition) is 1. The van der Waals surface area contributed by atoms with Crippen molar-refractivity contribution >= 4 is 11.6 Å². The smallest absolute Gasteiger partial charge is 0.148 e. The third-order valence-corrected chi connectivity index (χ3v) is 2.55. The minimum atomic E-state index is 0.544. The summed E-state index contributed by atoms with van der Waals surface area (Å²) in [6.45, 7) is 2.40. The second-order valence-electron chi connectivity index (χ2n) is 3.48. The largest absolute Gasteiger partial charge is 0.330 e. The van der Waals surface area contributed by atoms with E-state index in [0.717, 1.165) is 17.3 Å². The fraction of sp³-hybridized carbons (Fsp3) is 0.273. The molecule has 0 unspecified atom stereocenters. The highest BCUT2D eigenvalue weighted by atomic mass is 35.5. The topological polar surface area (TPSA) is 56.7 Å². The zero-order chi connectivity index (χ0) is 11.5. The molecule has 0 aliphatic rings. The van der Waals surface area contributed by atoms with E-state index < -0.39 is 0 Å². The molecule has 5 heteroatoms. The molecule has 1 aromatic heterocycles. The molecule has 0 spiro atoms. The molecule has 0 bridgehead atoms. The molecule has 1 heterocycles. The molecule has 0 radical (unpaired) electrons. The van der Waals surface area contributed by atoms with Gasteiger partial charge in [-0.1, -0.05) is 23.7 Å². The summed E-state index contributed by atoms with van der Waals surface area (Å²) in [5, 5.41) is 4.98. The summed E-state index contributed by atoms with van der Waals surface area (Å²) < 4.78 is 1.75. The minimum Gasteiger partial charge on any atom is -0.330 e. The molecule has 16 heavy (non-hydrogen) atoms. The van der Waals surface area contributed by atoms with Gasteiger partial charge in [0.1, 0.15) is 11.6 Å². The van der Waals surface area contributed by atoms with Crippen molar-refractivity contribution in [1.82, 2.24) is 14.8 Å². The number of para-hydroxylation sites is 1. The third-order valence-electron chi connectivity index (χ3n) is 2.23. The average molecular weight is 237 g/mol. The monoisotopic (exact) mass is 236 g/mol. The molecule has 0 saturated carbocycles. The third kappa shape index (κ3) is 2.08. The van der Waals surface area contributed by atoms with Crippen molar-refractivity contribution in [1.29, 1.82) is 0 Å². The van der Waals surface area contributed by atoms with E-state index in [1.807, 2.05) is 31.2 Å². The highest BCUT2D eigenvalue weighted by Crippen LogP contribution is 2.20. The zero-order valence-corrected chi connectivity index (χ0v) is 9.78. The van der Waals surface area contributed by atoms with Crippen LogP contribution in [0.25, 0.3) is 5.69 Å². The van der Waals surface area contributed by atoms with Gasteiger partial charge in [-0.3, -0.25) is 0 Å². The molecule has 2 aromatic rings. The number of hydrogen-bond acceptors (Lipinski definition) is 3. The number of halogens is 1. The molecule has 0 aliphatic carbocycles. The lowest BCUT2D eigenvalue weighted by molar-refractivity contribution is 0.774. The van der Waals surface area contributed by atoms with E-state index in [-0.39, 0.29) is 0 Å². The molecule has 4 nitrogen and oxygen atoms in total. The molecular formula is C11H13ClN4. The lowest BCUT2D eigenvalue weighted by Gasteiger charge is -2.06. The van der Waals surface area contributed by atoms with Crippen molar-refractivity contribution in [2.45, 2.75) is 13.3 Å². The summed E-state index contributed by atoms with van der Waals surface area (Å²) in [5.74, 6) is 1.57. The van der Waals surface area contributed by atoms with Crippen molar-refractivity contribution in [3.05, 3.63) is 40.9 Å². The Labute approximate surface area is 99.1 Å². The van der Waals surface area contributed by atoms with Crippen LogP contribution in [0.4, 0.5) is 0 Å². The average Bonchev–Trinajstić information content (AvgIpc) is 2.61. The van der Waals surface area contributed by atoms with Crippen LogP contribution in [-0.2, 0) is 6.42 Å². The fourth-order valence-electron chi connectivity index (χ4n) is 1.57. The molecule has 0 aliphatic heterocycles. The van der Waals surface area contributed by atoms with Crippen LogP contribution in [0.5, 0.6) is 0 Å². The van der Waals surface area contributed by atoms with Crippen LogP contribution < -0.4 is 5.73 Å². The maximum Gasteiger partial charge on any atom is 0.148 e. The maximum absolute atomic E-state index is 6.12. The summed E-state index contributed by atoms with van der Waals surface area (Å²) in [4.78, 5) is 4.33. The Morgan fingerprint density at radius 1 is 1.38 bits per heavy atom. The van der Waals surface area contributed by atoms with Crippen LogP contribution in [0.1, 0.15) is 11.6 Å². The summed E-state index contributed by atoms with van der Waals surface area (Å²) in [5.41, 5.74) is 6.38. The van der Waals surface area contributed by atoms with Crippen LogP contribution >= 0.6 is 11.6 Å². The van der Waals surface area contributed by atoms with Gasteiger partial charge in [-0.25, -0.2) is 9.67 Å². The SMILES string of the molecule is Cc1nc(CCN)n(-c2ccccc2Cl)n1. The molecule has 1 aromatic carbocycles. The second kappa shape index (κ2) is 4.63. The van der Waals surface area contributed by atoms with E-state index in [9.17, 15) is 0 Å². The van der Waals surface area contributed by atoms with Gasteiger partial charge in [0.05, 0.1) is 10.7 Å². The first-order valence-electron chi connectivity index (χ1n) is 5.10. The molecule has 0 amide bonds. The molecule has 2 rings (SSSR count). The Bertz CT molecular complexity index is 492. The van der Waals surface area contributed by atoms with E-state index in [2.05, 4.69) is 10.1 Å². The van der Waals surface area contributed by atoms with E-state index in [1.165, 1.54) is 0 Å². The normalized spacial score (nSPS) is 10.7. The van der Waals surface area contributed by atoms with Crippen molar-refractivity contribution < 1.29 is 0 Å². The molecule has 0 fully saturated rings. The number of aromatic nitrogens is 3. The summed E-state index contributed by atoms with van der Waals surface area (Å²) >= 11 is 6.12. The summed E-state index contributed by atoms with van der Waals surface area (Å²) in [6.07, 6.45) is 0.687. The highest BCUT2D eigenvalue weighted by Gasteiger charge is 2.10. The van der Waals surface area contributed by atoms with Crippen molar-refractivity contribution in [2.75, 3.05) is 6.54 Å². The first-order valence-corrected chi connectivity index (χ1v) is 5.47. The maximum atomic E-state index is 6.12. The van der Waals surface area contributed by atoms with E-state index in [4.69, 9.17) is 17.3 Å². The minimum absolute atomic E-state index is 0.544.